The summed E-state index contributed by atoms with van der Waals surface area (Å²) < 4.78 is 0. The summed E-state index contributed by atoms with van der Waals surface area (Å²) in [6, 6.07) is 1.77. The first kappa shape index (κ1) is 13.2. The van der Waals surface area contributed by atoms with E-state index in [0.29, 0.717) is 21.8 Å². The number of halogens is 1. The summed E-state index contributed by atoms with van der Waals surface area (Å²) in [5.41, 5.74) is 6.29. The number of rotatable bonds is 1. The second kappa shape index (κ2) is 4.64. The molecule has 2 aliphatic rings. The molecular weight excluding hydrogens is 260 g/mol. The summed E-state index contributed by atoms with van der Waals surface area (Å²) in [7, 11) is 0. The minimum Gasteiger partial charge on any atom is -0.385 e. The van der Waals surface area contributed by atoms with Gasteiger partial charge >= 0.3 is 0 Å². The molecule has 0 aromatic carbocycles. The molecule has 1 heterocycles. The summed E-state index contributed by atoms with van der Waals surface area (Å²) in [6.07, 6.45) is 10.6. The van der Waals surface area contributed by atoms with E-state index in [1.165, 1.54) is 31.9 Å². The van der Waals surface area contributed by atoms with Gasteiger partial charge in [0.25, 0.3) is 0 Å². The fourth-order valence-electron chi connectivity index (χ4n) is 3.91. The fraction of sp³-hybridized carbons (Fsp3) is 0.667. The molecule has 104 valence electrons. The van der Waals surface area contributed by atoms with E-state index in [-0.39, 0.29) is 0 Å². The molecule has 3 N–H and O–H groups in total. The van der Waals surface area contributed by atoms with Gasteiger partial charge in [0.05, 0.1) is 10.6 Å². The van der Waals surface area contributed by atoms with Crippen LogP contribution in [0.25, 0.3) is 0 Å². The minimum absolute atomic E-state index is 0.411. The number of nitrogens with zero attached hydrogens (tertiary/aromatic N) is 1. The van der Waals surface area contributed by atoms with Gasteiger partial charge in [0.1, 0.15) is 5.82 Å². The number of hydrogen-bond donors (Lipinski definition) is 2. The van der Waals surface area contributed by atoms with E-state index >= 15 is 0 Å². The molecule has 2 fully saturated rings. The van der Waals surface area contributed by atoms with Crippen LogP contribution in [-0.2, 0) is 5.60 Å². The zero-order chi connectivity index (χ0) is 13.5. The lowest BCUT2D eigenvalue weighted by Gasteiger charge is -2.42. The Labute approximate surface area is 119 Å². The first-order valence-corrected chi connectivity index (χ1v) is 7.55. The van der Waals surface area contributed by atoms with E-state index in [1.807, 2.05) is 0 Å². The quantitative estimate of drug-likeness (QED) is 0.826. The maximum absolute atomic E-state index is 10.9. The third-order valence-corrected chi connectivity index (χ3v) is 5.40. The second-order valence-corrected chi connectivity index (χ2v) is 6.76. The molecule has 2 saturated carbocycles. The summed E-state index contributed by atoms with van der Waals surface area (Å²) in [4.78, 5) is 4.07. The van der Waals surface area contributed by atoms with Crippen molar-refractivity contribution in [2.45, 2.75) is 57.0 Å². The SMILES string of the molecule is Nc1ncc(Cl)cc1C1(O)CCC2(CCCC2)CC1. The van der Waals surface area contributed by atoms with E-state index in [2.05, 4.69) is 4.98 Å². The van der Waals surface area contributed by atoms with E-state index in [9.17, 15) is 5.11 Å². The van der Waals surface area contributed by atoms with Crippen molar-refractivity contribution < 1.29 is 5.11 Å². The number of hydrogen-bond acceptors (Lipinski definition) is 3. The lowest BCUT2D eigenvalue weighted by atomic mass is 9.66. The van der Waals surface area contributed by atoms with E-state index in [0.717, 1.165) is 25.7 Å². The highest BCUT2D eigenvalue weighted by Crippen LogP contribution is 2.54. The molecule has 0 aliphatic heterocycles. The summed E-state index contributed by atoms with van der Waals surface area (Å²) in [6.45, 7) is 0. The van der Waals surface area contributed by atoms with Gasteiger partial charge in [-0.1, -0.05) is 24.4 Å². The fourth-order valence-corrected chi connectivity index (χ4v) is 4.07. The van der Waals surface area contributed by atoms with Crippen molar-refractivity contribution in [3.8, 4) is 0 Å². The molecule has 0 unspecified atom stereocenters. The lowest BCUT2D eigenvalue weighted by molar-refractivity contribution is -0.0372. The Morgan fingerprint density at radius 1 is 1.11 bits per heavy atom. The van der Waals surface area contributed by atoms with Crippen LogP contribution in [0.3, 0.4) is 0 Å². The van der Waals surface area contributed by atoms with Gasteiger partial charge in [-0.2, -0.15) is 0 Å². The molecule has 0 bridgehead atoms. The number of aromatic nitrogens is 1. The van der Waals surface area contributed by atoms with Gasteiger partial charge in [-0.25, -0.2) is 4.98 Å². The zero-order valence-corrected chi connectivity index (χ0v) is 11.9. The number of aliphatic hydroxyl groups is 1. The highest BCUT2D eigenvalue weighted by molar-refractivity contribution is 6.30. The molecule has 1 aromatic heterocycles. The van der Waals surface area contributed by atoms with Gasteiger partial charge in [0.2, 0.25) is 0 Å². The van der Waals surface area contributed by atoms with E-state index < -0.39 is 5.60 Å². The average molecular weight is 281 g/mol. The Morgan fingerprint density at radius 2 is 1.74 bits per heavy atom. The Hall–Kier alpha value is -0.800. The standard InChI is InChI=1S/C15H21ClN2O/c16-11-9-12(13(17)18-10-11)15(19)7-5-14(6-8-15)3-1-2-4-14/h9-10,19H,1-8H2,(H2,17,18). The highest BCUT2D eigenvalue weighted by atomic mass is 35.5. The first-order valence-electron chi connectivity index (χ1n) is 7.17. The molecule has 2 aliphatic carbocycles. The second-order valence-electron chi connectivity index (χ2n) is 6.33. The Balaban J connectivity index is 1.83. The molecule has 3 nitrogen and oxygen atoms in total. The van der Waals surface area contributed by atoms with Crippen LogP contribution >= 0.6 is 11.6 Å². The van der Waals surface area contributed by atoms with Crippen molar-refractivity contribution in [2.75, 3.05) is 5.73 Å². The number of nitrogens with two attached hydrogens (primary N) is 1. The molecule has 4 heteroatoms. The van der Waals surface area contributed by atoms with Gasteiger partial charge in [0, 0.05) is 11.8 Å². The predicted molar refractivity (Wildman–Crippen MR) is 76.9 cm³/mol. The molecule has 0 amide bonds. The minimum atomic E-state index is -0.837. The third-order valence-electron chi connectivity index (χ3n) is 5.19. The summed E-state index contributed by atoms with van der Waals surface area (Å²) in [5, 5.41) is 11.5. The zero-order valence-electron chi connectivity index (χ0n) is 11.2. The predicted octanol–water partition coefficient (Wildman–Crippen LogP) is 3.64. The van der Waals surface area contributed by atoms with Crippen molar-refractivity contribution in [2.24, 2.45) is 5.41 Å². The van der Waals surface area contributed by atoms with Crippen molar-refractivity contribution in [1.82, 2.24) is 4.98 Å². The Bertz CT molecular complexity index is 473. The molecule has 3 rings (SSSR count). The van der Waals surface area contributed by atoms with Crippen LogP contribution in [0.2, 0.25) is 5.02 Å². The number of anilines is 1. The largest absolute Gasteiger partial charge is 0.385 e. The number of pyridine rings is 1. The van der Waals surface area contributed by atoms with Gasteiger partial charge in [-0.05, 0) is 50.0 Å². The number of nitrogen functional groups attached to an aromatic ring is 1. The molecule has 19 heavy (non-hydrogen) atoms. The molecule has 1 aromatic rings. The maximum atomic E-state index is 10.9. The van der Waals surface area contributed by atoms with Crippen LogP contribution in [0, 0.1) is 5.41 Å². The highest BCUT2D eigenvalue weighted by Gasteiger charge is 2.44. The van der Waals surface area contributed by atoms with Crippen LogP contribution in [0.4, 0.5) is 5.82 Å². The van der Waals surface area contributed by atoms with Crippen LogP contribution < -0.4 is 5.73 Å². The smallest absolute Gasteiger partial charge is 0.129 e. The third kappa shape index (κ3) is 2.34. The molecule has 0 saturated heterocycles. The van der Waals surface area contributed by atoms with Crippen LogP contribution in [0.15, 0.2) is 12.3 Å². The van der Waals surface area contributed by atoms with Crippen molar-refractivity contribution in [3.05, 3.63) is 22.8 Å². The van der Waals surface area contributed by atoms with Crippen molar-refractivity contribution >= 4 is 17.4 Å². The Kier molecular flexibility index (Phi) is 3.22. The van der Waals surface area contributed by atoms with Gasteiger partial charge in [0.15, 0.2) is 0 Å². The van der Waals surface area contributed by atoms with Gasteiger partial charge < -0.3 is 10.8 Å². The first-order chi connectivity index (χ1) is 9.03. The monoisotopic (exact) mass is 280 g/mol. The normalized spacial score (nSPS) is 24.7. The lowest BCUT2D eigenvalue weighted by Crippen LogP contribution is -2.36. The topological polar surface area (TPSA) is 59.1 Å². The molecular formula is C15H21ClN2O. The molecule has 0 radical (unpaired) electrons. The molecule has 0 atom stereocenters. The van der Waals surface area contributed by atoms with Crippen molar-refractivity contribution in [1.29, 1.82) is 0 Å². The molecule has 1 spiro atoms. The summed E-state index contributed by atoms with van der Waals surface area (Å²) >= 11 is 5.99. The van der Waals surface area contributed by atoms with Gasteiger partial charge in [-0.15, -0.1) is 0 Å². The Morgan fingerprint density at radius 3 is 2.37 bits per heavy atom. The van der Waals surface area contributed by atoms with Crippen molar-refractivity contribution in [3.63, 3.8) is 0 Å². The van der Waals surface area contributed by atoms with E-state index in [4.69, 9.17) is 17.3 Å². The van der Waals surface area contributed by atoms with Crippen LogP contribution in [0.5, 0.6) is 0 Å². The summed E-state index contributed by atoms with van der Waals surface area (Å²) in [5.74, 6) is 0.411. The maximum Gasteiger partial charge on any atom is 0.129 e. The average Bonchev–Trinajstić information content (AvgIpc) is 2.85. The van der Waals surface area contributed by atoms with E-state index in [1.54, 1.807) is 6.07 Å². The van der Waals surface area contributed by atoms with Gasteiger partial charge in [-0.3, -0.25) is 0 Å². The van der Waals surface area contributed by atoms with Crippen LogP contribution in [0.1, 0.15) is 56.9 Å². The van der Waals surface area contributed by atoms with Crippen LogP contribution in [-0.4, -0.2) is 10.1 Å².